The van der Waals surface area contributed by atoms with E-state index in [-0.39, 0.29) is 17.6 Å². The van der Waals surface area contributed by atoms with Crippen LogP contribution in [0, 0.1) is 5.92 Å². The number of rotatable bonds is 4. The molecule has 1 aromatic heterocycles. The molecule has 0 aliphatic carbocycles. The number of amides is 1. The third-order valence-corrected chi connectivity index (χ3v) is 5.22. The van der Waals surface area contributed by atoms with Crippen LogP contribution in [0.5, 0.6) is 0 Å². The number of hydrogen-bond acceptors (Lipinski definition) is 2. The largest absolute Gasteiger partial charge is 0.361 e. The number of carbonyl (C=O) groups excluding carboxylic acids is 2. The van der Waals surface area contributed by atoms with Crippen LogP contribution in [0.15, 0.2) is 60.8 Å². The number of Topliss-reactive ketones (excluding diaryl/α,β-unsaturated/α-hetero) is 1. The van der Waals surface area contributed by atoms with Crippen LogP contribution in [-0.4, -0.2) is 34.7 Å². The van der Waals surface area contributed by atoms with E-state index in [2.05, 4.69) is 4.98 Å². The molecular formula is C22H22N2O2. The smallest absolute Gasteiger partial charge is 0.227 e. The van der Waals surface area contributed by atoms with E-state index in [0.717, 1.165) is 41.4 Å². The normalized spacial score (nSPS) is 17.4. The van der Waals surface area contributed by atoms with Crippen LogP contribution in [0.2, 0.25) is 0 Å². The first kappa shape index (κ1) is 16.6. The maximum Gasteiger partial charge on any atom is 0.227 e. The van der Waals surface area contributed by atoms with E-state index in [4.69, 9.17) is 0 Å². The summed E-state index contributed by atoms with van der Waals surface area (Å²) in [6.45, 7) is 1.26. The van der Waals surface area contributed by atoms with Crippen molar-refractivity contribution in [3.63, 3.8) is 0 Å². The van der Waals surface area contributed by atoms with Crippen molar-refractivity contribution in [3.8, 4) is 0 Å². The molecular weight excluding hydrogens is 324 g/mol. The number of piperidine rings is 1. The summed E-state index contributed by atoms with van der Waals surface area (Å²) in [7, 11) is 0. The predicted molar refractivity (Wildman–Crippen MR) is 102 cm³/mol. The minimum Gasteiger partial charge on any atom is -0.361 e. The van der Waals surface area contributed by atoms with Crippen molar-refractivity contribution in [1.29, 1.82) is 0 Å². The molecule has 26 heavy (non-hydrogen) atoms. The summed E-state index contributed by atoms with van der Waals surface area (Å²) in [5.41, 5.74) is 2.80. The summed E-state index contributed by atoms with van der Waals surface area (Å²) in [6.07, 6.45) is 4.02. The lowest BCUT2D eigenvalue weighted by Crippen LogP contribution is -2.43. The highest BCUT2D eigenvalue weighted by Crippen LogP contribution is 2.23. The topological polar surface area (TPSA) is 53.2 Å². The van der Waals surface area contributed by atoms with Gasteiger partial charge < -0.3 is 9.88 Å². The number of aromatic amines is 1. The number of H-pyrrole nitrogens is 1. The molecule has 0 spiro atoms. The number of fused-ring (bicyclic) bond motifs is 1. The van der Waals surface area contributed by atoms with Gasteiger partial charge in [0.15, 0.2) is 5.78 Å². The van der Waals surface area contributed by atoms with Crippen molar-refractivity contribution >= 4 is 22.6 Å². The summed E-state index contributed by atoms with van der Waals surface area (Å²) in [5.74, 6) is 0.147. The van der Waals surface area contributed by atoms with Crippen LogP contribution < -0.4 is 0 Å². The van der Waals surface area contributed by atoms with Crippen molar-refractivity contribution in [2.24, 2.45) is 5.92 Å². The van der Waals surface area contributed by atoms with Gasteiger partial charge in [0.25, 0.3) is 0 Å². The summed E-state index contributed by atoms with van der Waals surface area (Å²) in [5, 5.41) is 1.09. The number of nitrogens with zero attached hydrogens (tertiary/aromatic N) is 1. The van der Waals surface area contributed by atoms with Gasteiger partial charge in [0, 0.05) is 41.7 Å². The molecule has 1 saturated heterocycles. The average Bonchev–Trinajstić information content (AvgIpc) is 3.11. The molecule has 1 fully saturated rings. The van der Waals surface area contributed by atoms with Gasteiger partial charge in [0.2, 0.25) is 5.91 Å². The fourth-order valence-electron chi connectivity index (χ4n) is 3.81. The average molecular weight is 346 g/mol. The van der Waals surface area contributed by atoms with Gasteiger partial charge in [-0.05, 0) is 24.5 Å². The molecule has 3 aromatic rings. The first-order valence-electron chi connectivity index (χ1n) is 9.14. The highest BCUT2D eigenvalue weighted by atomic mass is 16.2. The Hall–Kier alpha value is -2.88. The Kier molecular flexibility index (Phi) is 4.57. The Morgan fingerprint density at radius 2 is 1.81 bits per heavy atom. The standard InChI is InChI=1S/C22H22N2O2/c25-21(13-18-14-23-20-11-5-4-10-19(18)20)24-12-6-9-17(15-24)22(26)16-7-2-1-3-8-16/h1-5,7-8,10-11,14,17,23H,6,9,12-13,15H2. The molecule has 1 amide bonds. The zero-order chi connectivity index (χ0) is 17.9. The van der Waals surface area contributed by atoms with Crippen molar-refractivity contribution < 1.29 is 9.59 Å². The molecule has 0 radical (unpaired) electrons. The molecule has 0 bridgehead atoms. The SMILES string of the molecule is O=C(c1ccccc1)C1CCCN(C(=O)Cc2c[nH]c3ccccc23)C1. The van der Waals surface area contributed by atoms with Crippen molar-refractivity contribution in [1.82, 2.24) is 9.88 Å². The van der Waals surface area contributed by atoms with Crippen LogP contribution in [0.25, 0.3) is 10.9 Å². The molecule has 132 valence electrons. The monoisotopic (exact) mass is 346 g/mol. The molecule has 2 heterocycles. The van der Waals surface area contributed by atoms with E-state index < -0.39 is 0 Å². The van der Waals surface area contributed by atoms with E-state index in [0.29, 0.717) is 13.0 Å². The third-order valence-electron chi connectivity index (χ3n) is 5.22. The minimum atomic E-state index is -0.0990. The molecule has 0 saturated carbocycles. The number of nitrogens with one attached hydrogen (secondary N) is 1. The molecule has 2 aromatic carbocycles. The van der Waals surface area contributed by atoms with E-state index in [1.54, 1.807) is 0 Å². The fourth-order valence-corrected chi connectivity index (χ4v) is 3.81. The fraction of sp³-hybridized carbons (Fsp3) is 0.273. The highest BCUT2D eigenvalue weighted by molar-refractivity contribution is 5.98. The summed E-state index contributed by atoms with van der Waals surface area (Å²) in [4.78, 5) is 30.6. The number of para-hydroxylation sites is 1. The van der Waals surface area contributed by atoms with Crippen LogP contribution in [0.3, 0.4) is 0 Å². The van der Waals surface area contributed by atoms with Gasteiger partial charge in [0.1, 0.15) is 0 Å². The number of likely N-dealkylation sites (tertiary alicyclic amines) is 1. The quantitative estimate of drug-likeness (QED) is 0.730. The Balaban J connectivity index is 1.46. The van der Waals surface area contributed by atoms with E-state index in [1.165, 1.54) is 0 Å². The van der Waals surface area contributed by atoms with E-state index >= 15 is 0 Å². The van der Waals surface area contributed by atoms with Gasteiger partial charge in [-0.3, -0.25) is 9.59 Å². The van der Waals surface area contributed by atoms with Crippen molar-refractivity contribution in [2.75, 3.05) is 13.1 Å². The summed E-state index contributed by atoms with van der Waals surface area (Å²) in [6, 6.07) is 17.4. The Labute approximate surface area is 152 Å². The Bertz CT molecular complexity index is 929. The Morgan fingerprint density at radius 1 is 1.04 bits per heavy atom. The zero-order valence-corrected chi connectivity index (χ0v) is 14.7. The van der Waals surface area contributed by atoms with Crippen molar-refractivity contribution in [3.05, 3.63) is 71.9 Å². The second kappa shape index (κ2) is 7.16. The van der Waals surface area contributed by atoms with Crippen LogP contribution in [0.1, 0.15) is 28.8 Å². The van der Waals surface area contributed by atoms with Gasteiger partial charge in [0.05, 0.1) is 6.42 Å². The number of ketones is 1. The molecule has 4 heteroatoms. The summed E-state index contributed by atoms with van der Waals surface area (Å²) < 4.78 is 0. The van der Waals surface area contributed by atoms with E-state index in [9.17, 15) is 9.59 Å². The molecule has 4 nitrogen and oxygen atoms in total. The number of hydrogen-bond donors (Lipinski definition) is 1. The van der Waals surface area contributed by atoms with Crippen LogP contribution in [0.4, 0.5) is 0 Å². The lowest BCUT2D eigenvalue weighted by Gasteiger charge is -2.32. The molecule has 1 aliphatic heterocycles. The second-order valence-electron chi connectivity index (χ2n) is 6.95. The van der Waals surface area contributed by atoms with Crippen molar-refractivity contribution in [2.45, 2.75) is 19.3 Å². The molecule has 1 aliphatic rings. The lowest BCUT2D eigenvalue weighted by atomic mass is 9.90. The second-order valence-corrected chi connectivity index (χ2v) is 6.95. The summed E-state index contributed by atoms with van der Waals surface area (Å²) >= 11 is 0. The Morgan fingerprint density at radius 3 is 2.65 bits per heavy atom. The first-order chi connectivity index (χ1) is 12.7. The third kappa shape index (κ3) is 3.27. The zero-order valence-electron chi connectivity index (χ0n) is 14.7. The number of carbonyl (C=O) groups is 2. The maximum absolute atomic E-state index is 12.8. The van der Waals surface area contributed by atoms with Crippen LogP contribution >= 0.6 is 0 Å². The van der Waals surface area contributed by atoms with E-state index in [1.807, 2.05) is 65.7 Å². The van der Waals surface area contributed by atoms with Crippen LogP contribution in [-0.2, 0) is 11.2 Å². The number of benzene rings is 2. The van der Waals surface area contributed by atoms with Gasteiger partial charge in [-0.2, -0.15) is 0 Å². The predicted octanol–water partition coefficient (Wildman–Crippen LogP) is 3.83. The molecule has 1 unspecified atom stereocenters. The van der Waals surface area contributed by atoms with Gasteiger partial charge in [-0.15, -0.1) is 0 Å². The lowest BCUT2D eigenvalue weighted by molar-refractivity contribution is -0.131. The maximum atomic E-state index is 12.8. The van der Waals surface area contributed by atoms with Gasteiger partial charge >= 0.3 is 0 Å². The number of aromatic nitrogens is 1. The van der Waals surface area contributed by atoms with Gasteiger partial charge in [-0.25, -0.2) is 0 Å². The minimum absolute atomic E-state index is 0.0975. The molecule has 1 N–H and O–H groups in total. The first-order valence-corrected chi connectivity index (χ1v) is 9.14. The highest BCUT2D eigenvalue weighted by Gasteiger charge is 2.29. The molecule has 4 rings (SSSR count). The molecule has 1 atom stereocenters. The van der Waals surface area contributed by atoms with Gasteiger partial charge in [-0.1, -0.05) is 48.5 Å².